The van der Waals surface area contributed by atoms with E-state index in [0.29, 0.717) is 24.2 Å². The minimum atomic E-state index is -0.0853. The molecule has 0 bridgehead atoms. The lowest BCUT2D eigenvalue weighted by atomic mass is 10.2. The summed E-state index contributed by atoms with van der Waals surface area (Å²) >= 11 is 0. The molecule has 0 aliphatic carbocycles. The molecule has 3 aromatic rings. The Bertz CT molecular complexity index is 903. The van der Waals surface area contributed by atoms with E-state index in [1.165, 1.54) is 5.56 Å². The Hall–Kier alpha value is -2.66. The molecule has 25 heavy (non-hydrogen) atoms. The van der Waals surface area contributed by atoms with E-state index in [1.54, 1.807) is 6.07 Å². The van der Waals surface area contributed by atoms with E-state index in [0.717, 1.165) is 24.2 Å². The molecule has 1 aromatic heterocycles. The van der Waals surface area contributed by atoms with Crippen molar-refractivity contribution in [3.8, 4) is 5.75 Å². The highest BCUT2D eigenvalue weighted by Crippen LogP contribution is 2.15. The summed E-state index contributed by atoms with van der Waals surface area (Å²) in [5.41, 5.74) is 1.87. The standard InChI is InChI=1S/C20H23N3O2/c1-23(2)14-15-7-5-8-16(13-15)25-12-6-11-19-21-18-10-4-3-9-17(18)20(24)22-19/h3-5,7-10,13H,6,11-12,14H2,1-2H3,(H,21,22,24). The van der Waals surface area contributed by atoms with Crippen molar-refractivity contribution in [2.24, 2.45) is 0 Å². The molecule has 0 spiro atoms. The van der Waals surface area contributed by atoms with Gasteiger partial charge in [-0.1, -0.05) is 24.3 Å². The molecule has 5 heteroatoms. The molecule has 0 fully saturated rings. The molecule has 130 valence electrons. The van der Waals surface area contributed by atoms with Gasteiger partial charge in [0, 0.05) is 13.0 Å². The number of benzene rings is 2. The van der Waals surface area contributed by atoms with Gasteiger partial charge in [0.05, 0.1) is 17.5 Å². The number of aryl methyl sites for hydroxylation is 1. The number of aromatic nitrogens is 2. The van der Waals surface area contributed by atoms with Gasteiger partial charge in [-0.05, 0) is 50.3 Å². The van der Waals surface area contributed by atoms with Crippen molar-refractivity contribution in [3.63, 3.8) is 0 Å². The number of fused-ring (bicyclic) bond motifs is 1. The molecular weight excluding hydrogens is 314 g/mol. The second-order valence-corrected chi connectivity index (χ2v) is 6.37. The molecule has 0 amide bonds. The number of nitrogens with one attached hydrogen (secondary N) is 1. The van der Waals surface area contributed by atoms with Crippen LogP contribution >= 0.6 is 0 Å². The zero-order valence-electron chi connectivity index (χ0n) is 14.7. The fraction of sp³-hybridized carbons (Fsp3) is 0.300. The van der Waals surface area contributed by atoms with Gasteiger partial charge >= 0.3 is 0 Å². The van der Waals surface area contributed by atoms with Crippen LogP contribution < -0.4 is 10.3 Å². The number of aromatic amines is 1. The zero-order chi connectivity index (χ0) is 17.6. The third-order valence-corrected chi connectivity index (χ3v) is 3.89. The highest BCUT2D eigenvalue weighted by atomic mass is 16.5. The fourth-order valence-electron chi connectivity index (χ4n) is 2.78. The quantitative estimate of drug-likeness (QED) is 0.673. The molecule has 0 atom stereocenters. The fourth-order valence-corrected chi connectivity index (χ4v) is 2.78. The smallest absolute Gasteiger partial charge is 0.258 e. The molecule has 3 rings (SSSR count). The predicted molar refractivity (Wildman–Crippen MR) is 100 cm³/mol. The molecule has 0 radical (unpaired) electrons. The second-order valence-electron chi connectivity index (χ2n) is 6.37. The molecule has 1 N–H and O–H groups in total. The van der Waals surface area contributed by atoms with Crippen molar-refractivity contribution in [2.75, 3.05) is 20.7 Å². The number of H-pyrrole nitrogens is 1. The maximum atomic E-state index is 12.0. The largest absolute Gasteiger partial charge is 0.494 e. The van der Waals surface area contributed by atoms with Crippen LogP contribution in [-0.2, 0) is 13.0 Å². The Morgan fingerprint density at radius 1 is 1.12 bits per heavy atom. The van der Waals surface area contributed by atoms with Gasteiger partial charge in [-0.3, -0.25) is 4.79 Å². The van der Waals surface area contributed by atoms with Crippen molar-refractivity contribution in [1.82, 2.24) is 14.9 Å². The molecule has 0 aliphatic rings. The first kappa shape index (κ1) is 17.2. The van der Waals surface area contributed by atoms with Gasteiger partial charge in [0.1, 0.15) is 11.6 Å². The Labute approximate surface area is 147 Å². The SMILES string of the molecule is CN(C)Cc1cccc(OCCCc2nc3ccccc3c(=O)[nH]2)c1. The van der Waals surface area contributed by atoms with Crippen LogP contribution in [0, 0.1) is 0 Å². The van der Waals surface area contributed by atoms with Gasteiger partial charge in [0.25, 0.3) is 5.56 Å². The van der Waals surface area contributed by atoms with E-state index in [2.05, 4.69) is 27.0 Å². The van der Waals surface area contributed by atoms with Gasteiger partial charge < -0.3 is 14.6 Å². The van der Waals surface area contributed by atoms with E-state index in [9.17, 15) is 4.79 Å². The first-order chi connectivity index (χ1) is 12.1. The van der Waals surface area contributed by atoms with Crippen molar-refractivity contribution in [3.05, 3.63) is 70.3 Å². The number of para-hydroxylation sites is 1. The normalized spacial score (nSPS) is 11.2. The summed E-state index contributed by atoms with van der Waals surface area (Å²) < 4.78 is 5.83. The van der Waals surface area contributed by atoms with Gasteiger partial charge in [-0.25, -0.2) is 4.98 Å². The third kappa shape index (κ3) is 4.67. The summed E-state index contributed by atoms with van der Waals surface area (Å²) in [5.74, 6) is 1.58. The van der Waals surface area contributed by atoms with E-state index in [4.69, 9.17) is 4.74 Å². The van der Waals surface area contributed by atoms with E-state index in [1.807, 2.05) is 44.4 Å². The maximum Gasteiger partial charge on any atom is 0.258 e. The Kier molecular flexibility index (Phi) is 5.46. The van der Waals surface area contributed by atoms with Gasteiger partial charge in [0.2, 0.25) is 0 Å². The average molecular weight is 337 g/mol. The molecule has 0 unspecified atom stereocenters. The van der Waals surface area contributed by atoms with Crippen molar-refractivity contribution in [1.29, 1.82) is 0 Å². The number of ether oxygens (including phenoxy) is 1. The monoisotopic (exact) mass is 337 g/mol. The van der Waals surface area contributed by atoms with Gasteiger partial charge in [-0.15, -0.1) is 0 Å². The third-order valence-electron chi connectivity index (χ3n) is 3.89. The number of nitrogens with zero attached hydrogens (tertiary/aromatic N) is 2. The first-order valence-electron chi connectivity index (χ1n) is 8.46. The number of hydrogen-bond acceptors (Lipinski definition) is 4. The molecule has 0 saturated heterocycles. The highest BCUT2D eigenvalue weighted by Gasteiger charge is 2.04. The zero-order valence-corrected chi connectivity index (χ0v) is 14.7. The van der Waals surface area contributed by atoms with Crippen LogP contribution in [0.4, 0.5) is 0 Å². The van der Waals surface area contributed by atoms with Crippen LogP contribution in [0.5, 0.6) is 5.75 Å². The van der Waals surface area contributed by atoms with Crippen LogP contribution in [0.3, 0.4) is 0 Å². The Morgan fingerprint density at radius 2 is 1.96 bits per heavy atom. The van der Waals surface area contributed by atoms with Gasteiger partial charge in [-0.2, -0.15) is 0 Å². The molecular formula is C20H23N3O2. The van der Waals surface area contributed by atoms with Crippen LogP contribution in [0.25, 0.3) is 10.9 Å². The summed E-state index contributed by atoms with van der Waals surface area (Å²) in [6.45, 7) is 1.47. The number of rotatable bonds is 7. The van der Waals surface area contributed by atoms with Gasteiger partial charge in [0.15, 0.2) is 0 Å². The summed E-state index contributed by atoms with van der Waals surface area (Å²) in [5, 5.41) is 0.625. The molecule has 5 nitrogen and oxygen atoms in total. The summed E-state index contributed by atoms with van der Waals surface area (Å²) in [6, 6.07) is 15.5. The van der Waals surface area contributed by atoms with Crippen LogP contribution in [0.1, 0.15) is 17.8 Å². The predicted octanol–water partition coefficient (Wildman–Crippen LogP) is 3.00. The Balaban J connectivity index is 1.56. The minimum absolute atomic E-state index is 0.0853. The minimum Gasteiger partial charge on any atom is -0.494 e. The van der Waals surface area contributed by atoms with Crippen LogP contribution in [0.15, 0.2) is 53.3 Å². The topological polar surface area (TPSA) is 58.2 Å². The molecule has 0 aliphatic heterocycles. The summed E-state index contributed by atoms with van der Waals surface area (Å²) in [6.07, 6.45) is 1.47. The Morgan fingerprint density at radius 3 is 2.80 bits per heavy atom. The lowest BCUT2D eigenvalue weighted by molar-refractivity contribution is 0.309. The van der Waals surface area contributed by atoms with Crippen molar-refractivity contribution < 1.29 is 4.74 Å². The van der Waals surface area contributed by atoms with Crippen molar-refractivity contribution in [2.45, 2.75) is 19.4 Å². The van der Waals surface area contributed by atoms with Crippen LogP contribution in [0.2, 0.25) is 0 Å². The van der Waals surface area contributed by atoms with E-state index < -0.39 is 0 Å². The average Bonchev–Trinajstić information content (AvgIpc) is 2.59. The number of hydrogen-bond donors (Lipinski definition) is 1. The lowest BCUT2D eigenvalue weighted by Crippen LogP contribution is -2.13. The molecule has 1 heterocycles. The van der Waals surface area contributed by atoms with E-state index in [-0.39, 0.29) is 5.56 Å². The molecule has 0 saturated carbocycles. The first-order valence-corrected chi connectivity index (χ1v) is 8.46. The van der Waals surface area contributed by atoms with E-state index >= 15 is 0 Å². The lowest BCUT2D eigenvalue weighted by Gasteiger charge is -2.11. The summed E-state index contributed by atoms with van der Waals surface area (Å²) in [4.78, 5) is 21.5. The molecule has 2 aromatic carbocycles. The highest BCUT2D eigenvalue weighted by molar-refractivity contribution is 5.77. The van der Waals surface area contributed by atoms with Crippen LogP contribution in [-0.4, -0.2) is 35.6 Å². The second kappa shape index (κ2) is 7.94. The van der Waals surface area contributed by atoms with Crippen molar-refractivity contribution >= 4 is 10.9 Å². The summed E-state index contributed by atoms with van der Waals surface area (Å²) in [7, 11) is 4.09. The maximum absolute atomic E-state index is 12.0.